The monoisotopic (exact) mass is 213 g/mol. The van der Waals surface area contributed by atoms with Crippen LogP contribution in [-0.2, 0) is 9.53 Å². The highest BCUT2D eigenvalue weighted by Crippen LogP contribution is 2.25. The molecule has 15 heavy (non-hydrogen) atoms. The summed E-state index contributed by atoms with van der Waals surface area (Å²) in [5.74, 6) is 1.45. The molecule has 0 saturated carbocycles. The van der Waals surface area contributed by atoms with Crippen molar-refractivity contribution >= 4 is 5.97 Å². The predicted molar refractivity (Wildman–Crippen MR) is 60.6 cm³/mol. The Hall–Kier alpha value is -0.570. The number of ether oxygens (including phenoxy) is 1. The molecule has 2 atom stereocenters. The van der Waals surface area contributed by atoms with Crippen LogP contribution in [0.4, 0.5) is 0 Å². The minimum absolute atomic E-state index is 0.101. The molecule has 3 nitrogen and oxygen atoms in total. The van der Waals surface area contributed by atoms with Crippen LogP contribution in [0.3, 0.4) is 0 Å². The molecule has 0 aromatic rings. The molecule has 88 valence electrons. The average Bonchev–Trinajstić information content (AvgIpc) is 2.66. The zero-order chi connectivity index (χ0) is 11.4. The molecule has 1 aliphatic rings. The van der Waals surface area contributed by atoms with E-state index in [9.17, 15) is 4.79 Å². The Morgan fingerprint density at radius 1 is 1.47 bits per heavy atom. The molecule has 1 aliphatic heterocycles. The Morgan fingerprint density at radius 3 is 2.60 bits per heavy atom. The fourth-order valence-electron chi connectivity index (χ4n) is 2.21. The van der Waals surface area contributed by atoms with Crippen LogP contribution >= 0.6 is 0 Å². The molecular formula is C12H23NO2. The highest BCUT2D eigenvalue weighted by atomic mass is 16.5. The molecule has 0 amide bonds. The molecule has 0 spiro atoms. The highest BCUT2D eigenvalue weighted by molar-refractivity contribution is 5.69. The van der Waals surface area contributed by atoms with E-state index in [0.717, 1.165) is 24.9 Å². The van der Waals surface area contributed by atoms with Crippen LogP contribution in [-0.4, -0.2) is 37.1 Å². The van der Waals surface area contributed by atoms with Crippen LogP contribution in [0, 0.1) is 11.8 Å². The first-order valence-corrected chi connectivity index (χ1v) is 5.85. The summed E-state index contributed by atoms with van der Waals surface area (Å²) in [6.07, 6.45) is 1.78. The van der Waals surface area contributed by atoms with Crippen molar-refractivity contribution in [3.63, 3.8) is 0 Å². The first-order chi connectivity index (χ1) is 7.04. The summed E-state index contributed by atoms with van der Waals surface area (Å²) in [6, 6.07) is 0.321. The quantitative estimate of drug-likeness (QED) is 0.668. The van der Waals surface area contributed by atoms with Gasteiger partial charge in [0.15, 0.2) is 0 Å². The number of esters is 1. The Labute approximate surface area is 92.8 Å². The van der Waals surface area contributed by atoms with Gasteiger partial charge in [0.25, 0.3) is 0 Å². The Balaban J connectivity index is 2.36. The lowest BCUT2D eigenvalue weighted by Gasteiger charge is -2.24. The summed E-state index contributed by atoms with van der Waals surface area (Å²) in [4.78, 5) is 13.5. The van der Waals surface area contributed by atoms with Crippen molar-refractivity contribution in [3.05, 3.63) is 0 Å². The van der Waals surface area contributed by atoms with Gasteiger partial charge in [-0.3, -0.25) is 9.69 Å². The Morgan fingerprint density at radius 2 is 2.13 bits per heavy atom. The lowest BCUT2D eigenvalue weighted by molar-refractivity contribution is -0.141. The Kier molecular flexibility index (Phi) is 4.58. The van der Waals surface area contributed by atoms with Gasteiger partial charge in [0, 0.05) is 12.6 Å². The third-order valence-electron chi connectivity index (χ3n) is 3.51. The summed E-state index contributed by atoms with van der Waals surface area (Å²) < 4.78 is 4.69. The molecule has 0 aromatic heterocycles. The standard InChI is InChI=1S/C12H23NO2/c1-9(2)11-5-6-13(8-11)10(3)7-12(14)15-4/h9-11H,5-8H2,1-4H3. The second kappa shape index (κ2) is 5.50. The third kappa shape index (κ3) is 3.49. The molecule has 0 radical (unpaired) electrons. The van der Waals surface area contributed by atoms with E-state index in [-0.39, 0.29) is 5.97 Å². The second-order valence-electron chi connectivity index (χ2n) is 4.92. The van der Waals surface area contributed by atoms with Crippen LogP contribution in [0.5, 0.6) is 0 Å². The molecule has 0 N–H and O–H groups in total. The maximum absolute atomic E-state index is 11.1. The van der Waals surface area contributed by atoms with E-state index in [1.54, 1.807) is 0 Å². The Bertz CT molecular complexity index is 216. The molecule has 1 fully saturated rings. The fourth-order valence-corrected chi connectivity index (χ4v) is 2.21. The number of hydrogen-bond acceptors (Lipinski definition) is 3. The van der Waals surface area contributed by atoms with Crippen molar-refractivity contribution in [1.82, 2.24) is 4.90 Å². The van der Waals surface area contributed by atoms with E-state index >= 15 is 0 Å². The van der Waals surface area contributed by atoms with E-state index in [1.807, 2.05) is 0 Å². The number of methoxy groups -OCH3 is 1. The molecular weight excluding hydrogens is 190 g/mol. The van der Waals surface area contributed by atoms with Gasteiger partial charge in [-0.05, 0) is 31.7 Å². The molecule has 1 saturated heterocycles. The van der Waals surface area contributed by atoms with Crippen LogP contribution in [0.1, 0.15) is 33.6 Å². The van der Waals surface area contributed by atoms with Gasteiger partial charge in [-0.25, -0.2) is 0 Å². The summed E-state index contributed by atoms with van der Waals surface area (Å²) in [6.45, 7) is 8.93. The fraction of sp³-hybridized carbons (Fsp3) is 0.917. The molecule has 3 heteroatoms. The van der Waals surface area contributed by atoms with Gasteiger partial charge in [0.1, 0.15) is 0 Å². The van der Waals surface area contributed by atoms with Crippen LogP contribution in [0.2, 0.25) is 0 Å². The predicted octanol–water partition coefficient (Wildman–Crippen LogP) is 1.92. The van der Waals surface area contributed by atoms with Crippen LogP contribution in [0.25, 0.3) is 0 Å². The van der Waals surface area contributed by atoms with Gasteiger partial charge >= 0.3 is 5.97 Å². The van der Waals surface area contributed by atoms with Gasteiger partial charge in [0.05, 0.1) is 13.5 Å². The third-order valence-corrected chi connectivity index (χ3v) is 3.51. The highest BCUT2D eigenvalue weighted by Gasteiger charge is 2.28. The molecule has 1 heterocycles. The molecule has 0 aliphatic carbocycles. The van der Waals surface area contributed by atoms with Gasteiger partial charge < -0.3 is 4.74 Å². The molecule has 0 bridgehead atoms. The number of likely N-dealkylation sites (tertiary alicyclic amines) is 1. The van der Waals surface area contributed by atoms with Crippen molar-refractivity contribution in [1.29, 1.82) is 0 Å². The lowest BCUT2D eigenvalue weighted by atomic mass is 9.95. The van der Waals surface area contributed by atoms with E-state index in [2.05, 4.69) is 30.4 Å². The largest absolute Gasteiger partial charge is 0.469 e. The topological polar surface area (TPSA) is 29.5 Å². The van der Waals surface area contributed by atoms with Crippen molar-refractivity contribution in [3.8, 4) is 0 Å². The minimum Gasteiger partial charge on any atom is -0.469 e. The van der Waals surface area contributed by atoms with Crippen LogP contribution in [0.15, 0.2) is 0 Å². The average molecular weight is 213 g/mol. The second-order valence-corrected chi connectivity index (χ2v) is 4.92. The van der Waals surface area contributed by atoms with Crippen molar-refractivity contribution in [2.24, 2.45) is 11.8 Å². The number of nitrogens with zero attached hydrogens (tertiary/aromatic N) is 1. The first kappa shape index (κ1) is 12.5. The summed E-state index contributed by atoms with van der Waals surface area (Å²) >= 11 is 0. The minimum atomic E-state index is -0.101. The summed E-state index contributed by atoms with van der Waals surface area (Å²) in [7, 11) is 1.45. The molecule has 1 rings (SSSR count). The smallest absolute Gasteiger partial charge is 0.307 e. The van der Waals surface area contributed by atoms with Crippen molar-refractivity contribution < 1.29 is 9.53 Å². The van der Waals surface area contributed by atoms with Crippen molar-refractivity contribution in [2.75, 3.05) is 20.2 Å². The summed E-state index contributed by atoms with van der Waals surface area (Å²) in [5.41, 5.74) is 0. The maximum atomic E-state index is 11.1. The SMILES string of the molecule is COC(=O)CC(C)N1CCC(C(C)C)C1. The van der Waals surface area contributed by atoms with E-state index in [4.69, 9.17) is 0 Å². The molecule has 2 unspecified atom stereocenters. The van der Waals surface area contributed by atoms with E-state index in [1.165, 1.54) is 13.5 Å². The summed E-state index contributed by atoms with van der Waals surface area (Å²) in [5, 5.41) is 0. The number of hydrogen-bond donors (Lipinski definition) is 0. The van der Waals surface area contributed by atoms with Crippen LogP contribution < -0.4 is 0 Å². The van der Waals surface area contributed by atoms with Gasteiger partial charge in [-0.2, -0.15) is 0 Å². The number of carbonyl (C=O) groups excluding carboxylic acids is 1. The normalized spacial score (nSPS) is 24.5. The van der Waals surface area contributed by atoms with E-state index < -0.39 is 0 Å². The number of carbonyl (C=O) groups is 1. The van der Waals surface area contributed by atoms with Gasteiger partial charge in [-0.15, -0.1) is 0 Å². The maximum Gasteiger partial charge on any atom is 0.307 e. The van der Waals surface area contributed by atoms with Crippen molar-refractivity contribution in [2.45, 2.75) is 39.7 Å². The lowest BCUT2D eigenvalue weighted by Crippen LogP contribution is -2.33. The molecule has 0 aromatic carbocycles. The number of rotatable bonds is 4. The first-order valence-electron chi connectivity index (χ1n) is 5.85. The van der Waals surface area contributed by atoms with Gasteiger partial charge in [-0.1, -0.05) is 13.8 Å². The zero-order valence-electron chi connectivity index (χ0n) is 10.3. The van der Waals surface area contributed by atoms with Gasteiger partial charge in [0.2, 0.25) is 0 Å². The van der Waals surface area contributed by atoms with E-state index in [0.29, 0.717) is 12.5 Å². The zero-order valence-corrected chi connectivity index (χ0v) is 10.3.